The Balaban J connectivity index is 1.27. The highest BCUT2D eigenvalue weighted by Crippen LogP contribution is 2.35. The van der Waals surface area contributed by atoms with E-state index in [1.807, 2.05) is 9.80 Å². The van der Waals surface area contributed by atoms with E-state index in [0.717, 1.165) is 17.7 Å². The second-order valence-corrected chi connectivity index (χ2v) is 13.3. The van der Waals surface area contributed by atoms with Crippen molar-refractivity contribution in [3.63, 3.8) is 0 Å². The Kier molecular flexibility index (Phi) is 10.9. The molecule has 268 valence electrons. The lowest BCUT2D eigenvalue weighted by molar-refractivity contribution is -0.150. The minimum Gasteiger partial charge on any atom is -0.480 e. The summed E-state index contributed by atoms with van der Waals surface area (Å²) >= 11 is 0. The van der Waals surface area contributed by atoms with Crippen molar-refractivity contribution in [3.8, 4) is 17.0 Å². The quantitative estimate of drug-likeness (QED) is 0.297. The average Bonchev–Trinajstić information content (AvgIpc) is 3.05. The fourth-order valence-electron chi connectivity index (χ4n) is 5.72. The highest BCUT2D eigenvalue weighted by molar-refractivity contribution is 5.95. The number of amides is 3. The normalized spacial score (nSPS) is 15.9. The molecule has 50 heavy (non-hydrogen) atoms. The summed E-state index contributed by atoms with van der Waals surface area (Å²) in [5, 5.41) is 5.58. The van der Waals surface area contributed by atoms with Crippen LogP contribution >= 0.6 is 0 Å². The minimum atomic E-state index is -4.56. The summed E-state index contributed by atoms with van der Waals surface area (Å²) in [4.78, 5) is 46.5. The van der Waals surface area contributed by atoms with Crippen molar-refractivity contribution in [1.29, 1.82) is 0 Å². The topological polar surface area (TPSA) is 122 Å². The molecule has 0 radical (unpaired) electrons. The zero-order chi connectivity index (χ0) is 36.2. The predicted molar refractivity (Wildman–Crippen MR) is 180 cm³/mol. The number of anilines is 1. The van der Waals surface area contributed by atoms with Gasteiger partial charge in [-0.3, -0.25) is 9.59 Å². The Bertz CT molecular complexity index is 1700. The number of nitrogens with one attached hydrogen (secondary N) is 2. The van der Waals surface area contributed by atoms with Crippen LogP contribution in [0.5, 0.6) is 5.88 Å². The lowest BCUT2D eigenvalue weighted by Gasteiger charge is -2.39. The van der Waals surface area contributed by atoms with Crippen LogP contribution in [0.1, 0.15) is 60.8 Å². The Hall–Kier alpha value is -4.85. The molecule has 2 aromatic carbocycles. The van der Waals surface area contributed by atoms with Gasteiger partial charge in [0.05, 0.1) is 43.4 Å². The molecule has 2 aliphatic rings. The number of alkyl halides is 3. The average molecular weight is 698 g/mol. The second-order valence-electron chi connectivity index (χ2n) is 13.3. The highest BCUT2D eigenvalue weighted by atomic mass is 19.4. The zero-order valence-electron chi connectivity index (χ0n) is 28.7. The van der Waals surface area contributed by atoms with E-state index in [2.05, 4.69) is 15.6 Å². The van der Waals surface area contributed by atoms with Crippen LogP contribution in [0, 0.1) is 5.92 Å². The lowest BCUT2D eigenvalue weighted by atomic mass is 9.95. The van der Waals surface area contributed by atoms with Crippen molar-refractivity contribution in [1.82, 2.24) is 20.5 Å². The molecule has 3 aromatic rings. The SMILES string of the molecule is COc1ncc(C(=O)N[C@H](C)c2ccc(-c3cc(C(F)(F)F)ccc3CNC(=O)OC(C)(C)C)cc2)cc1N1CCN(C(=O)C2COC2)CC1. The van der Waals surface area contributed by atoms with E-state index in [0.29, 0.717) is 73.2 Å². The van der Waals surface area contributed by atoms with Gasteiger partial charge in [0.1, 0.15) is 11.3 Å². The highest BCUT2D eigenvalue weighted by Gasteiger charge is 2.33. The summed E-state index contributed by atoms with van der Waals surface area (Å²) in [5.74, 6) is 0.0218. The number of rotatable bonds is 9. The first-order chi connectivity index (χ1) is 23.6. The molecule has 2 N–H and O–H groups in total. The first-order valence-corrected chi connectivity index (χ1v) is 16.4. The van der Waals surface area contributed by atoms with Gasteiger partial charge in [0.15, 0.2) is 0 Å². The Morgan fingerprint density at radius 3 is 2.26 bits per heavy atom. The molecule has 0 aliphatic carbocycles. The van der Waals surface area contributed by atoms with Gasteiger partial charge in [-0.1, -0.05) is 30.3 Å². The summed E-state index contributed by atoms with van der Waals surface area (Å²) in [6.45, 7) is 9.99. The van der Waals surface area contributed by atoms with E-state index >= 15 is 0 Å². The maximum atomic E-state index is 13.6. The number of methoxy groups -OCH3 is 1. The number of carbonyl (C=O) groups excluding carboxylic acids is 3. The number of aromatic nitrogens is 1. The maximum absolute atomic E-state index is 13.6. The lowest BCUT2D eigenvalue weighted by Crippen LogP contribution is -2.53. The molecule has 0 spiro atoms. The molecule has 2 saturated heterocycles. The number of benzene rings is 2. The van der Waals surface area contributed by atoms with Crippen molar-refractivity contribution in [2.24, 2.45) is 5.92 Å². The molecule has 14 heteroatoms. The van der Waals surface area contributed by atoms with Gasteiger partial charge in [0.2, 0.25) is 11.8 Å². The van der Waals surface area contributed by atoms with Crippen LogP contribution in [0.2, 0.25) is 0 Å². The first-order valence-electron chi connectivity index (χ1n) is 16.4. The number of piperazine rings is 1. The molecule has 3 heterocycles. The number of nitrogens with zero attached hydrogens (tertiary/aromatic N) is 3. The van der Waals surface area contributed by atoms with Gasteiger partial charge in [-0.2, -0.15) is 13.2 Å². The van der Waals surface area contributed by atoms with Gasteiger partial charge in [-0.15, -0.1) is 0 Å². The molecule has 2 aliphatic heterocycles. The number of carbonyl (C=O) groups is 3. The van der Waals surface area contributed by atoms with E-state index in [-0.39, 0.29) is 24.3 Å². The Morgan fingerprint density at radius 2 is 1.68 bits per heavy atom. The molecular formula is C36H42F3N5O6. The third kappa shape index (κ3) is 8.84. The predicted octanol–water partition coefficient (Wildman–Crippen LogP) is 5.59. The van der Waals surface area contributed by atoms with Crippen LogP contribution in [0.25, 0.3) is 11.1 Å². The van der Waals surface area contributed by atoms with E-state index in [4.69, 9.17) is 14.2 Å². The number of halogens is 3. The molecular weight excluding hydrogens is 655 g/mol. The summed E-state index contributed by atoms with van der Waals surface area (Å²) in [7, 11) is 1.51. The zero-order valence-corrected chi connectivity index (χ0v) is 28.7. The minimum absolute atomic E-state index is 0.0435. The number of alkyl carbamates (subject to hydrolysis) is 1. The molecule has 3 amide bonds. The van der Waals surface area contributed by atoms with Crippen LogP contribution in [0.3, 0.4) is 0 Å². The van der Waals surface area contributed by atoms with Gasteiger partial charge in [0, 0.05) is 38.9 Å². The number of hydrogen-bond donors (Lipinski definition) is 2. The Labute approximate surface area is 289 Å². The van der Waals surface area contributed by atoms with Gasteiger partial charge < -0.3 is 34.6 Å². The van der Waals surface area contributed by atoms with Crippen molar-refractivity contribution < 1.29 is 41.8 Å². The van der Waals surface area contributed by atoms with Crippen LogP contribution in [0.15, 0.2) is 54.7 Å². The Morgan fingerprint density at radius 1 is 1.00 bits per heavy atom. The van der Waals surface area contributed by atoms with E-state index in [9.17, 15) is 27.6 Å². The fraction of sp³-hybridized carbons (Fsp3) is 0.444. The smallest absolute Gasteiger partial charge is 0.416 e. The number of pyridine rings is 1. The third-order valence-electron chi connectivity index (χ3n) is 8.54. The van der Waals surface area contributed by atoms with Gasteiger partial charge in [-0.05, 0) is 68.1 Å². The molecule has 0 saturated carbocycles. The van der Waals surface area contributed by atoms with Gasteiger partial charge in [0.25, 0.3) is 5.91 Å². The maximum Gasteiger partial charge on any atom is 0.416 e. The molecule has 11 nitrogen and oxygen atoms in total. The number of ether oxygens (including phenoxy) is 3. The van der Waals surface area contributed by atoms with Crippen LogP contribution in [0.4, 0.5) is 23.7 Å². The summed E-state index contributed by atoms with van der Waals surface area (Å²) < 4.78 is 56.8. The summed E-state index contributed by atoms with van der Waals surface area (Å²) in [6, 6.07) is 11.5. The van der Waals surface area contributed by atoms with Crippen LogP contribution < -0.4 is 20.3 Å². The van der Waals surface area contributed by atoms with Crippen molar-refractivity contribution in [2.45, 2.75) is 52.1 Å². The van der Waals surface area contributed by atoms with E-state index in [1.54, 1.807) is 58.0 Å². The van der Waals surface area contributed by atoms with E-state index in [1.165, 1.54) is 19.4 Å². The summed E-state index contributed by atoms with van der Waals surface area (Å²) in [6.07, 6.45) is -3.80. The molecule has 1 aromatic heterocycles. The first kappa shape index (κ1) is 36.4. The molecule has 0 unspecified atom stereocenters. The second kappa shape index (κ2) is 15.0. The third-order valence-corrected chi connectivity index (χ3v) is 8.54. The number of hydrogen-bond acceptors (Lipinski definition) is 8. The molecule has 1 atom stereocenters. The van der Waals surface area contributed by atoms with E-state index < -0.39 is 29.5 Å². The van der Waals surface area contributed by atoms with Crippen LogP contribution in [-0.2, 0) is 27.0 Å². The van der Waals surface area contributed by atoms with Crippen LogP contribution in [-0.4, -0.2) is 79.9 Å². The standard InChI is InChI=1S/C36H42F3N5O6/c1-22(42-31(45)26-16-30(32(48-5)40-19-26)43-12-14-44(15-13-43)33(46)27-20-49-21-27)23-6-8-24(9-7-23)29-17-28(36(37,38)39)11-10-25(29)18-41-34(47)50-35(2,3)4/h6-11,16-17,19,22,27H,12-15,18,20-21H2,1-5H3,(H,41,47)(H,42,45)/t22-/m1/s1. The van der Waals surface area contributed by atoms with Crippen molar-refractivity contribution in [2.75, 3.05) is 51.4 Å². The van der Waals surface area contributed by atoms with Gasteiger partial charge >= 0.3 is 12.3 Å². The fourth-order valence-corrected chi connectivity index (χ4v) is 5.72. The van der Waals surface area contributed by atoms with Crippen molar-refractivity contribution in [3.05, 3.63) is 77.0 Å². The molecule has 0 bridgehead atoms. The largest absolute Gasteiger partial charge is 0.480 e. The van der Waals surface area contributed by atoms with Crippen molar-refractivity contribution >= 4 is 23.6 Å². The molecule has 2 fully saturated rings. The summed E-state index contributed by atoms with van der Waals surface area (Å²) in [5.41, 5.74) is 1.43. The molecule has 5 rings (SSSR count). The van der Waals surface area contributed by atoms with Gasteiger partial charge in [-0.25, -0.2) is 9.78 Å². The monoisotopic (exact) mass is 697 g/mol.